The first-order valence-electron chi connectivity index (χ1n) is 5.91. The van der Waals surface area contributed by atoms with Crippen LogP contribution in [0.2, 0.25) is 0 Å². The Morgan fingerprint density at radius 1 is 1.17 bits per heavy atom. The van der Waals surface area contributed by atoms with E-state index in [1.54, 1.807) is 14.2 Å². The summed E-state index contributed by atoms with van der Waals surface area (Å²) in [5.74, 6) is 1.44. The van der Waals surface area contributed by atoms with Crippen LogP contribution in [-0.2, 0) is 0 Å². The van der Waals surface area contributed by atoms with Gasteiger partial charge in [-0.25, -0.2) is 0 Å². The maximum atomic E-state index is 5.27. The Bertz CT molecular complexity index is 444. The van der Waals surface area contributed by atoms with Crippen molar-refractivity contribution in [1.29, 1.82) is 0 Å². The van der Waals surface area contributed by atoms with E-state index >= 15 is 0 Å². The lowest BCUT2D eigenvalue weighted by molar-refractivity contribution is 0.355. The Hall–Kier alpha value is -1.96. The van der Waals surface area contributed by atoms with Crippen LogP contribution in [0.25, 0.3) is 5.57 Å². The van der Waals surface area contributed by atoms with Gasteiger partial charge in [0.15, 0.2) is 11.5 Å². The topological polar surface area (TPSA) is 18.5 Å². The van der Waals surface area contributed by atoms with E-state index in [-0.39, 0.29) is 0 Å². The lowest BCUT2D eigenvalue weighted by Gasteiger charge is -2.09. The molecule has 0 radical (unpaired) electrons. The second kappa shape index (κ2) is 7.38. The van der Waals surface area contributed by atoms with Crippen LogP contribution < -0.4 is 9.47 Å². The van der Waals surface area contributed by atoms with Crippen molar-refractivity contribution in [3.63, 3.8) is 0 Å². The third kappa shape index (κ3) is 3.81. The zero-order chi connectivity index (χ0) is 13.4. The van der Waals surface area contributed by atoms with Gasteiger partial charge in [0, 0.05) is 0 Å². The summed E-state index contributed by atoms with van der Waals surface area (Å²) >= 11 is 0. The van der Waals surface area contributed by atoms with Gasteiger partial charge in [-0.3, -0.25) is 0 Å². The molecule has 0 bridgehead atoms. The second-order valence-corrected chi connectivity index (χ2v) is 3.86. The molecule has 0 atom stereocenters. The molecule has 0 aliphatic heterocycles. The molecule has 0 aromatic heterocycles. The monoisotopic (exact) mass is 244 g/mol. The van der Waals surface area contributed by atoms with Crippen LogP contribution >= 0.6 is 0 Å². The van der Waals surface area contributed by atoms with Gasteiger partial charge in [0.25, 0.3) is 0 Å². The van der Waals surface area contributed by atoms with E-state index in [9.17, 15) is 0 Å². The molecule has 0 spiro atoms. The number of allylic oxidation sites excluding steroid dienone is 4. The minimum Gasteiger partial charge on any atom is -0.493 e. The average molecular weight is 244 g/mol. The Kier molecular flexibility index (Phi) is 5.78. The molecule has 96 valence electrons. The van der Waals surface area contributed by atoms with Gasteiger partial charge in [0.1, 0.15) is 0 Å². The van der Waals surface area contributed by atoms with Crippen LogP contribution in [-0.4, -0.2) is 14.2 Å². The lowest BCUT2D eigenvalue weighted by atomic mass is 10.1. The predicted molar refractivity (Wildman–Crippen MR) is 77.2 cm³/mol. The van der Waals surface area contributed by atoms with Gasteiger partial charge in [-0.05, 0) is 36.1 Å². The molecule has 0 heterocycles. The van der Waals surface area contributed by atoms with Gasteiger partial charge in [-0.15, -0.1) is 6.58 Å². The molecule has 0 unspecified atom stereocenters. The van der Waals surface area contributed by atoms with Crippen molar-refractivity contribution < 1.29 is 9.47 Å². The summed E-state index contributed by atoms with van der Waals surface area (Å²) in [6, 6.07) is 5.79. The minimum absolute atomic E-state index is 0.718. The summed E-state index contributed by atoms with van der Waals surface area (Å²) in [7, 11) is 3.26. The zero-order valence-corrected chi connectivity index (χ0v) is 11.1. The van der Waals surface area contributed by atoms with E-state index in [1.807, 2.05) is 30.4 Å². The first kappa shape index (κ1) is 14.1. The van der Waals surface area contributed by atoms with Crippen molar-refractivity contribution in [3.05, 3.63) is 55.1 Å². The molecule has 0 aliphatic rings. The van der Waals surface area contributed by atoms with E-state index in [0.717, 1.165) is 35.5 Å². The highest BCUT2D eigenvalue weighted by molar-refractivity contribution is 5.73. The zero-order valence-electron chi connectivity index (χ0n) is 11.1. The first-order valence-corrected chi connectivity index (χ1v) is 5.91. The minimum atomic E-state index is 0.718. The molecule has 0 saturated carbocycles. The quantitative estimate of drug-likeness (QED) is 0.406. The van der Waals surface area contributed by atoms with E-state index in [1.165, 1.54) is 0 Å². The summed E-state index contributed by atoms with van der Waals surface area (Å²) in [6.07, 6.45) is 7.99. The summed E-state index contributed by atoms with van der Waals surface area (Å²) in [6.45, 7) is 7.74. The fourth-order valence-corrected chi connectivity index (χ4v) is 1.57. The number of hydrogen-bond acceptors (Lipinski definition) is 2. The van der Waals surface area contributed by atoms with Crippen LogP contribution in [0.4, 0.5) is 0 Å². The molecule has 18 heavy (non-hydrogen) atoms. The molecule has 0 aliphatic carbocycles. The standard InChI is InChI=1S/C16H20O2/c1-5-6-7-8-9-13(2)14-10-11-15(17-3)16(12-14)18-4/h5,8-12H,1-2,6-7H2,3-4H3. The fraction of sp³-hybridized carbons (Fsp3) is 0.250. The van der Waals surface area contributed by atoms with Gasteiger partial charge < -0.3 is 9.47 Å². The highest BCUT2D eigenvalue weighted by atomic mass is 16.5. The maximum Gasteiger partial charge on any atom is 0.161 e. The third-order valence-electron chi connectivity index (χ3n) is 2.61. The Balaban J connectivity index is 2.80. The van der Waals surface area contributed by atoms with Crippen molar-refractivity contribution in [2.24, 2.45) is 0 Å². The molecule has 0 fully saturated rings. The highest BCUT2D eigenvalue weighted by Crippen LogP contribution is 2.30. The van der Waals surface area contributed by atoms with Crippen LogP contribution in [0.5, 0.6) is 11.5 Å². The molecule has 0 amide bonds. The van der Waals surface area contributed by atoms with Gasteiger partial charge in [-0.1, -0.05) is 30.9 Å². The van der Waals surface area contributed by atoms with E-state index in [0.29, 0.717) is 0 Å². The number of unbranched alkanes of at least 4 members (excludes halogenated alkanes) is 1. The molecule has 1 rings (SSSR count). The number of rotatable bonds is 7. The highest BCUT2D eigenvalue weighted by Gasteiger charge is 2.05. The number of methoxy groups -OCH3 is 2. The van der Waals surface area contributed by atoms with Crippen LogP contribution in [0.3, 0.4) is 0 Å². The Morgan fingerprint density at radius 3 is 2.50 bits per heavy atom. The van der Waals surface area contributed by atoms with Crippen LogP contribution in [0.15, 0.2) is 49.6 Å². The first-order chi connectivity index (χ1) is 8.72. The Labute approximate surface area is 109 Å². The van der Waals surface area contributed by atoms with Crippen molar-refractivity contribution in [2.75, 3.05) is 14.2 Å². The third-order valence-corrected chi connectivity index (χ3v) is 2.61. The normalized spacial score (nSPS) is 10.3. The molecular weight excluding hydrogens is 224 g/mol. The van der Waals surface area contributed by atoms with E-state index < -0.39 is 0 Å². The molecule has 0 N–H and O–H groups in total. The molecule has 0 saturated heterocycles. The number of benzene rings is 1. The van der Waals surface area contributed by atoms with Crippen LogP contribution in [0.1, 0.15) is 18.4 Å². The lowest BCUT2D eigenvalue weighted by Crippen LogP contribution is -1.91. The molecular formula is C16H20O2. The SMILES string of the molecule is C=CCCC=CC(=C)c1ccc(OC)c(OC)c1. The van der Waals surface area contributed by atoms with Crippen molar-refractivity contribution >= 4 is 5.57 Å². The Morgan fingerprint density at radius 2 is 1.89 bits per heavy atom. The molecule has 2 heteroatoms. The summed E-state index contributed by atoms with van der Waals surface area (Å²) < 4.78 is 10.5. The fourth-order valence-electron chi connectivity index (χ4n) is 1.57. The van der Waals surface area contributed by atoms with Gasteiger partial charge >= 0.3 is 0 Å². The summed E-state index contributed by atoms with van der Waals surface area (Å²) in [4.78, 5) is 0. The van der Waals surface area contributed by atoms with Crippen LogP contribution in [0, 0.1) is 0 Å². The predicted octanol–water partition coefficient (Wildman–Crippen LogP) is 4.24. The van der Waals surface area contributed by atoms with Crippen molar-refractivity contribution in [1.82, 2.24) is 0 Å². The summed E-state index contributed by atoms with van der Waals surface area (Å²) in [5, 5.41) is 0. The van der Waals surface area contributed by atoms with Crippen molar-refractivity contribution in [2.45, 2.75) is 12.8 Å². The smallest absolute Gasteiger partial charge is 0.161 e. The molecule has 2 nitrogen and oxygen atoms in total. The molecule has 1 aromatic rings. The van der Waals surface area contributed by atoms with Gasteiger partial charge in [0.2, 0.25) is 0 Å². The number of ether oxygens (including phenoxy) is 2. The largest absolute Gasteiger partial charge is 0.493 e. The number of hydrogen-bond donors (Lipinski definition) is 0. The van der Waals surface area contributed by atoms with Gasteiger partial charge in [-0.2, -0.15) is 0 Å². The average Bonchev–Trinajstić information content (AvgIpc) is 2.42. The molecule has 1 aromatic carbocycles. The van der Waals surface area contributed by atoms with Crippen molar-refractivity contribution in [3.8, 4) is 11.5 Å². The van der Waals surface area contributed by atoms with E-state index in [2.05, 4.69) is 19.2 Å². The second-order valence-electron chi connectivity index (χ2n) is 3.86. The van der Waals surface area contributed by atoms with E-state index in [4.69, 9.17) is 9.47 Å². The maximum absolute atomic E-state index is 5.27. The van der Waals surface area contributed by atoms with Gasteiger partial charge in [0.05, 0.1) is 14.2 Å². The summed E-state index contributed by atoms with van der Waals surface area (Å²) in [5.41, 5.74) is 1.99.